The van der Waals surface area contributed by atoms with Crippen LogP contribution in [0.25, 0.3) is 22.4 Å². The number of furan rings is 1. The first kappa shape index (κ1) is 22.8. The van der Waals surface area contributed by atoms with Crippen molar-refractivity contribution in [2.75, 3.05) is 18.4 Å². The molecule has 0 radical (unpaired) electrons. The molecule has 0 bridgehead atoms. The molecule has 1 aliphatic rings. The summed E-state index contributed by atoms with van der Waals surface area (Å²) < 4.78 is 33.8. The van der Waals surface area contributed by atoms with Gasteiger partial charge in [0.2, 0.25) is 10.0 Å². The Bertz CT molecular complexity index is 1410. The van der Waals surface area contributed by atoms with Gasteiger partial charge >= 0.3 is 0 Å². The van der Waals surface area contributed by atoms with E-state index in [0.29, 0.717) is 41.5 Å². The topological polar surface area (TPSA) is 92.5 Å². The standard InChI is InChI=1S/C25H25N3O4S2/c1-16-10-17(2)14-28(13-16)34(30,31)20-8-5-7-19(11-20)24(29)27-25-26-21(15-33-25)23-12-18-6-3-4-9-22(18)32-23/h3-9,11-12,15-17H,10,13-14H2,1-2H3,(H,26,27,29)/t16-,17-/m0/s1. The zero-order valence-corrected chi connectivity index (χ0v) is 20.5. The summed E-state index contributed by atoms with van der Waals surface area (Å²) in [5.74, 6) is 0.811. The molecule has 9 heteroatoms. The molecule has 0 aliphatic carbocycles. The summed E-state index contributed by atoms with van der Waals surface area (Å²) in [6, 6.07) is 15.8. The van der Waals surface area contributed by atoms with E-state index >= 15 is 0 Å². The van der Waals surface area contributed by atoms with Crippen molar-refractivity contribution in [2.24, 2.45) is 11.8 Å². The molecule has 1 fully saturated rings. The van der Waals surface area contributed by atoms with Gasteiger partial charge in [-0.3, -0.25) is 10.1 Å². The molecule has 1 amide bonds. The molecule has 2 atom stereocenters. The highest BCUT2D eigenvalue weighted by atomic mass is 32.2. The Morgan fingerprint density at radius 1 is 1.09 bits per heavy atom. The maximum atomic E-state index is 13.2. The smallest absolute Gasteiger partial charge is 0.257 e. The Morgan fingerprint density at radius 3 is 2.62 bits per heavy atom. The van der Waals surface area contributed by atoms with Gasteiger partial charge in [-0.25, -0.2) is 13.4 Å². The van der Waals surface area contributed by atoms with Gasteiger partial charge in [0, 0.05) is 29.4 Å². The number of anilines is 1. The number of thiazole rings is 1. The normalized spacial score (nSPS) is 19.4. The average Bonchev–Trinajstić information content (AvgIpc) is 3.45. The van der Waals surface area contributed by atoms with Crippen molar-refractivity contribution >= 4 is 43.4 Å². The van der Waals surface area contributed by atoms with Crippen molar-refractivity contribution in [2.45, 2.75) is 25.2 Å². The van der Waals surface area contributed by atoms with E-state index in [1.54, 1.807) is 18.2 Å². The number of carbonyl (C=O) groups excluding carboxylic acids is 1. The molecule has 7 nitrogen and oxygen atoms in total. The van der Waals surface area contributed by atoms with E-state index in [2.05, 4.69) is 24.1 Å². The van der Waals surface area contributed by atoms with Crippen molar-refractivity contribution in [1.82, 2.24) is 9.29 Å². The Kier molecular flexibility index (Phi) is 6.01. The predicted molar refractivity (Wildman–Crippen MR) is 133 cm³/mol. The molecule has 1 aliphatic heterocycles. The zero-order valence-electron chi connectivity index (χ0n) is 18.9. The molecular weight excluding hydrogens is 470 g/mol. The number of carbonyl (C=O) groups is 1. The van der Waals surface area contributed by atoms with Crippen LogP contribution in [0.4, 0.5) is 5.13 Å². The minimum Gasteiger partial charge on any atom is -0.454 e. The molecular formula is C25H25N3O4S2. The van der Waals surface area contributed by atoms with Crippen LogP contribution in [0, 0.1) is 11.8 Å². The largest absolute Gasteiger partial charge is 0.454 e. The lowest BCUT2D eigenvalue weighted by Gasteiger charge is -2.34. The van der Waals surface area contributed by atoms with Gasteiger partial charge in [0.1, 0.15) is 11.3 Å². The Balaban J connectivity index is 1.33. The molecule has 1 saturated heterocycles. The first-order chi connectivity index (χ1) is 16.3. The fraction of sp³-hybridized carbons (Fsp3) is 0.280. The summed E-state index contributed by atoms with van der Waals surface area (Å²) in [5.41, 5.74) is 1.66. The van der Waals surface area contributed by atoms with Crippen molar-refractivity contribution in [1.29, 1.82) is 0 Å². The van der Waals surface area contributed by atoms with Crippen LogP contribution < -0.4 is 5.32 Å². The maximum Gasteiger partial charge on any atom is 0.257 e. The molecule has 2 aromatic heterocycles. The van der Waals surface area contributed by atoms with Crippen LogP contribution in [0.2, 0.25) is 0 Å². The van der Waals surface area contributed by atoms with E-state index < -0.39 is 15.9 Å². The molecule has 3 heterocycles. The summed E-state index contributed by atoms with van der Waals surface area (Å²) in [7, 11) is -3.67. The monoisotopic (exact) mass is 495 g/mol. The number of hydrogen-bond acceptors (Lipinski definition) is 6. The third kappa shape index (κ3) is 4.51. The first-order valence-corrected chi connectivity index (χ1v) is 13.5. The highest BCUT2D eigenvalue weighted by molar-refractivity contribution is 7.89. The van der Waals surface area contributed by atoms with Gasteiger partial charge in [0.25, 0.3) is 5.91 Å². The molecule has 0 unspecified atom stereocenters. The number of nitrogens with one attached hydrogen (secondary N) is 1. The molecule has 4 aromatic rings. The highest BCUT2D eigenvalue weighted by Gasteiger charge is 2.32. The fourth-order valence-corrected chi connectivity index (χ4v) is 6.89. The lowest BCUT2D eigenvalue weighted by Crippen LogP contribution is -2.42. The number of fused-ring (bicyclic) bond motifs is 1. The summed E-state index contributed by atoms with van der Waals surface area (Å²) >= 11 is 1.28. The van der Waals surface area contributed by atoms with Gasteiger partial charge in [-0.2, -0.15) is 4.31 Å². The number of aromatic nitrogens is 1. The van der Waals surface area contributed by atoms with E-state index in [0.717, 1.165) is 17.4 Å². The van der Waals surface area contributed by atoms with Gasteiger partial charge < -0.3 is 4.42 Å². The summed E-state index contributed by atoms with van der Waals surface area (Å²) in [6.07, 6.45) is 1.01. The lowest BCUT2D eigenvalue weighted by atomic mass is 9.94. The van der Waals surface area contributed by atoms with Crippen LogP contribution in [0.15, 0.2) is 69.3 Å². The molecule has 176 valence electrons. The maximum absolute atomic E-state index is 13.2. The average molecular weight is 496 g/mol. The number of piperidine rings is 1. The zero-order chi connectivity index (χ0) is 23.9. The summed E-state index contributed by atoms with van der Waals surface area (Å²) in [6.45, 7) is 5.12. The van der Waals surface area contributed by atoms with Crippen molar-refractivity contribution < 1.29 is 17.6 Å². The van der Waals surface area contributed by atoms with Gasteiger partial charge in [-0.05, 0) is 48.6 Å². The molecule has 2 aromatic carbocycles. The van der Waals surface area contributed by atoms with E-state index in [9.17, 15) is 13.2 Å². The number of hydrogen-bond donors (Lipinski definition) is 1. The van der Waals surface area contributed by atoms with Gasteiger partial charge in [-0.15, -0.1) is 11.3 Å². The van der Waals surface area contributed by atoms with Gasteiger partial charge in [0.15, 0.2) is 10.9 Å². The Morgan fingerprint density at radius 2 is 1.85 bits per heavy atom. The van der Waals surface area contributed by atoms with Crippen LogP contribution in [-0.2, 0) is 10.0 Å². The molecule has 5 rings (SSSR count). The van der Waals surface area contributed by atoms with E-state index in [1.165, 1.54) is 21.7 Å². The van der Waals surface area contributed by atoms with Crippen LogP contribution in [0.1, 0.15) is 30.6 Å². The Hall–Kier alpha value is -3.01. The van der Waals surface area contributed by atoms with Crippen LogP contribution >= 0.6 is 11.3 Å². The number of rotatable bonds is 5. The van der Waals surface area contributed by atoms with Crippen molar-refractivity contribution in [3.05, 3.63) is 65.5 Å². The van der Waals surface area contributed by atoms with Gasteiger partial charge in [0.05, 0.1) is 4.90 Å². The Labute approximate surface area is 202 Å². The van der Waals surface area contributed by atoms with Crippen LogP contribution in [0.5, 0.6) is 0 Å². The minimum absolute atomic E-state index is 0.128. The van der Waals surface area contributed by atoms with Gasteiger partial charge in [-0.1, -0.05) is 38.1 Å². The minimum atomic E-state index is -3.67. The second kappa shape index (κ2) is 8.98. The molecule has 1 N–H and O–H groups in total. The van der Waals surface area contributed by atoms with Crippen LogP contribution in [0.3, 0.4) is 0 Å². The molecule has 0 spiro atoms. The molecule has 34 heavy (non-hydrogen) atoms. The highest BCUT2D eigenvalue weighted by Crippen LogP contribution is 2.31. The number of amides is 1. The lowest BCUT2D eigenvalue weighted by molar-refractivity contribution is 0.102. The number of sulfonamides is 1. The summed E-state index contributed by atoms with van der Waals surface area (Å²) in [4.78, 5) is 17.5. The third-order valence-electron chi connectivity index (χ3n) is 5.97. The van der Waals surface area contributed by atoms with E-state index in [1.807, 2.05) is 35.7 Å². The second-order valence-electron chi connectivity index (χ2n) is 8.94. The third-order valence-corrected chi connectivity index (χ3v) is 8.56. The number of nitrogens with zero attached hydrogens (tertiary/aromatic N) is 2. The number of benzene rings is 2. The van der Waals surface area contributed by atoms with E-state index in [4.69, 9.17) is 4.42 Å². The van der Waals surface area contributed by atoms with Crippen molar-refractivity contribution in [3.63, 3.8) is 0 Å². The first-order valence-electron chi connectivity index (χ1n) is 11.2. The quantitative estimate of drug-likeness (QED) is 0.396. The van der Waals surface area contributed by atoms with E-state index in [-0.39, 0.29) is 10.5 Å². The SMILES string of the molecule is C[C@H]1C[C@H](C)CN(S(=O)(=O)c2cccc(C(=O)Nc3nc(-c4cc5ccccc5o4)cs3)c2)C1. The van der Waals surface area contributed by atoms with Crippen LogP contribution in [-0.4, -0.2) is 36.7 Å². The second-order valence-corrected chi connectivity index (χ2v) is 11.7. The number of para-hydroxylation sites is 1. The van der Waals surface area contributed by atoms with Crippen molar-refractivity contribution in [3.8, 4) is 11.5 Å². The summed E-state index contributed by atoms with van der Waals surface area (Å²) in [5, 5.41) is 5.97. The predicted octanol–water partition coefficient (Wildman–Crippen LogP) is 5.48. The molecule has 0 saturated carbocycles. The fourth-order valence-electron chi connectivity index (χ4n) is 4.47.